The number of ether oxygens (including phenoxy) is 1. The van der Waals surface area contributed by atoms with E-state index in [-0.39, 0.29) is 12.1 Å². The summed E-state index contributed by atoms with van der Waals surface area (Å²) < 4.78 is 4.70. The molecule has 1 aliphatic heterocycles. The molecular formula is C17H19N3O3. The third-order valence-corrected chi connectivity index (χ3v) is 4.03. The summed E-state index contributed by atoms with van der Waals surface area (Å²) in [6, 6.07) is 13.6. The molecule has 6 heteroatoms. The molecule has 0 atom stereocenters. The van der Waals surface area contributed by atoms with Gasteiger partial charge in [0.1, 0.15) is 0 Å². The van der Waals surface area contributed by atoms with Crippen molar-refractivity contribution in [2.24, 2.45) is 0 Å². The Balaban J connectivity index is 1.67. The number of methoxy groups -OCH3 is 1. The summed E-state index contributed by atoms with van der Waals surface area (Å²) in [7, 11) is 1.36. The smallest absolute Gasteiger partial charge is 0.409 e. The van der Waals surface area contributed by atoms with Gasteiger partial charge < -0.3 is 19.9 Å². The molecule has 23 heavy (non-hydrogen) atoms. The van der Waals surface area contributed by atoms with E-state index in [1.54, 1.807) is 9.80 Å². The molecule has 0 aromatic heterocycles. The summed E-state index contributed by atoms with van der Waals surface area (Å²) in [5, 5.41) is 5.06. The second kappa shape index (κ2) is 6.56. The highest BCUT2D eigenvalue weighted by Gasteiger charge is 2.24. The van der Waals surface area contributed by atoms with E-state index < -0.39 is 0 Å². The highest BCUT2D eigenvalue weighted by Crippen LogP contribution is 2.23. The van der Waals surface area contributed by atoms with Gasteiger partial charge in [-0.15, -0.1) is 0 Å². The lowest BCUT2D eigenvalue weighted by Gasteiger charge is -2.33. The summed E-state index contributed by atoms with van der Waals surface area (Å²) in [4.78, 5) is 27.2. The van der Waals surface area contributed by atoms with Crippen molar-refractivity contribution in [2.45, 2.75) is 0 Å². The normalized spacial score (nSPS) is 14.7. The van der Waals surface area contributed by atoms with Crippen LogP contribution in [0.15, 0.2) is 42.5 Å². The molecular weight excluding hydrogens is 294 g/mol. The van der Waals surface area contributed by atoms with Crippen molar-refractivity contribution >= 4 is 28.6 Å². The van der Waals surface area contributed by atoms with Crippen LogP contribution in [0.3, 0.4) is 0 Å². The standard InChI is InChI=1S/C17H19N3O3/c1-23-17(22)20-11-9-19(10-12-20)16(21)18-15-8-4-6-13-5-2-3-7-14(13)15/h2-8H,9-12H2,1H3,(H,18,21). The maximum absolute atomic E-state index is 12.4. The summed E-state index contributed by atoms with van der Waals surface area (Å²) in [6.45, 7) is 1.95. The van der Waals surface area contributed by atoms with Crippen molar-refractivity contribution in [3.8, 4) is 0 Å². The summed E-state index contributed by atoms with van der Waals surface area (Å²) in [6.07, 6.45) is -0.348. The van der Waals surface area contributed by atoms with E-state index in [1.165, 1.54) is 7.11 Å². The molecule has 0 bridgehead atoms. The summed E-state index contributed by atoms with van der Waals surface area (Å²) in [5.74, 6) is 0. The highest BCUT2D eigenvalue weighted by molar-refractivity contribution is 6.01. The molecule has 1 heterocycles. The molecule has 1 saturated heterocycles. The van der Waals surface area contributed by atoms with Crippen LogP contribution in [0.2, 0.25) is 0 Å². The maximum atomic E-state index is 12.4. The van der Waals surface area contributed by atoms with Gasteiger partial charge in [-0.25, -0.2) is 9.59 Å². The third-order valence-electron chi connectivity index (χ3n) is 4.03. The molecule has 0 radical (unpaired) electrons. The van der Waals surface area contributed by atoms with Gasteiger partial charge in [-0.1, -0.05) is 36.4 Å². The fourth-order valence-electron chi connectivity index (χ4n) is 2.75. The molecule has 0 saturated carbocycles. The molecule has 120 valence electrons. The van der Waals surface area contributed by atoms with Gasteiger partial charge in [0.25, 0.3) is 0 Å². The molecule has 3 rings (SSSR count). The molecule has 0 aliphatic carbocycles. The number of rotatable bonds is 1. The molecule has 3 amide bonds. The van der Waals surface area contributed by atoms with Gasteiger partial charge >= 0.3 is 12.1 Å². The van der Waals surface area contributed by atoms with Crippen molar-refractivity contribution in [2.75, 3.05) is 38.6 Å². The van der Waals surface area contributed by atoms with Gasteiger partial charge in [0.05, 0.1) is 12.8 Å². The van der Waals surface area contributed by atoms with E-state index in [0.717, 1.165) is 16.5 Å². The van der Waals surface area contributed by atoms with Crippen LogP contribution in [0.5, 0.6) is 0 Å². The number of amides is 3. The highest BCUT2D eigenvalue weighted by atomic mass is 16.5. The van der Waals surface area contributed by atoms with Crippen LogP contribution in [0.1, 0.15) is 0 Å². The number of piperazine rings is 1. The van der Waals surface area contributed by atoms with Crippen molar-refractivity contribution in [1.29, 1.82) is 0 Å². The van der Waals surface area contributed by atoms with Gasteiger partial charge in [-0.05, 0) is 11.5 Å². The summed E-state index contributed by atoms with van der Waals surface area (Å²) >= 11 is 0. The Morgan fingerprint density at radius 2 is 1.61 bits per heavy atom. The topological polar surface area (TPSA) is 61.9 Å². The van der Waals surface area contributed by atoms with E-state index in [9.17, 15) is 9.59 Å². The number of benzene rings is 2. The second-order valence-corrected chi connectivity index (χ2v) is 5.40. The summed E-state index contributed by atoms with van der Waals surface area (Å²) in [5.41, 5.74) is 0.795. The van der Waals surface area contributed by atoms with Gasteiger partial charge in [-0.2, -0.15) is 0 Å². The van der Waals surface area contributed by atoms with E-state index in [4.69, 9.17) is 4.74 Å². The van der Waals surface area contributed by atoms with Crippen molar-refractivity contribution in [3.63, 3.8) is 0 Å². The first-order valence-corrected chi connectivity index (χ1v) is 7.55. The quantitative estimate of drug-likeness (QED) is 0.880. The Kier molecular flexibility index (Phi) is 4.32. The first-order chi connectivity index (χ1) is 11.2. The number of nitrogens with one attached hydrogen (secondary N) is 1. The van der Waals surface area contributed by atoms with E-state index in [1.807, 2.05) is 42.5 Å². The van der Waals surface area contributed by atoms with Gasteiger partial charge in [-0.3, -0.25) is 0 Å². The Bertz CT molecular complexity index is 719. The van der Waals surface area contributed by atoms with Crippen molar-refractivity contribution < 1.29 is 14.3 Å². The first kappa shape index (κ1) is 15.1. The lowest BCUT2D eigenvalue weighted by atomic mass is 10.1. The van der Waals surface area contributed by atoms with Crippen LogP contribution in [-0.2, 0) is 4.74 Å². The molecule has 0 unspecified atom stereocenters. The lowest BCUT2D eigenvalue weighted by Crippen LogP contribution is -2.51. The minimum Gasteiger partial charge on any atom is -0.453 e. The molecule has 2 aromatic carbocycles. The van der Waals surface area contributed by atoms with Crippen LogP contribution in [0.4, 0.5) is 15.3 Å². The SMILES string of the molecule is COC(=O)N1CCN(C(=O)Nc2cccc3ccccc23)CC1. The average molecular weight is 313 g/mol. The number of hydrogen-bond donors (Lipinski definition) is 1. The van der Waals surface area contributed by atoms with E-state index in [0.29, 0.717) is 26.2 Å². The lowest BCUT2D eigenvalue weighted by molar-refractivity contribution is 0.0993. The number of carbonyl (C=O) groups is 2. The average Bonchev–Trinajstić information content (AvgIpc) is 2.61. The number of fused-ring (bicyclic) bond motifs is 1. The fraction of sp³-hybridized carbons (Fsp3) is 0.294. The molecule has 1 aliphatic rings. The molecule has 1 fully saturated rings. The Hall–Kier alpha value is -2.76. The maximum Gasteiger partial charge on any atom is 0.409 e. The van der Waals surface area contributed by atoms with Gasteiger partial charge in [0, 0.05) is 31.6 Å². The minimum atomic E-state index is -0.348. The molecule has 2 aromatic rings. The van der Waals surface area contributed by atoms with Gasteiger partial charge in [0.2, 0.25) is 0 Å². The zero-order chi connectivity index (χ0) is 16.2. The predicted molar refractivity (Wildman–Crippen MR) is 88.5 cm³/mol. The first-order valence-electron chi connectivity index (χ1n) is 7.55. The number of carbonyl (C=O) groups excluding carboxylic acids is 2. The van der Waals surface area contributed by atoms with Crippen LogP contribution in [0.25, 0.3) is 10.8 Å². The number of urea groups is 1. The van der Waals surface area contributed by atoms with Crippen LogP contribution >= 0.6 is 0 Å². The predicted octanol–water partition coefficient (Wildman–Crippen LogP) is 2.76. The number of nitrogens with zero attached hydrogens (tertiary/aromatic N) is 2. The Morgan fingerprint density at radius 1 is 0.957 bits per heavy atom. The zero-order valence-electron chi connectivity index (χ0n) is 13.0. The minimum absolute atomic E-state index is 0.147. The Labute approximate surface area is 134 Å². The van der Waals surface area contributed by atoms with E-state index >= 15 is 0 Å². The van der Waals surface area contributed by atoms with Gasteiger partial charge in [0.15, 0.2) is 0 Å². The van der Waals surface area contributed by atoms with Crippen LogP contribution in [0, 0.1) is 0 Å². The zero-order valence-corrected chi connectivity index (χ0v) is 13.0. The second-order valence-electron chi connectivity index (χ2n) is 5.40. The van der Waals surface area contributed by atoms with E-state index in [2.05, 4.69) is 5.32 Å². The van der Waals surface area contributed by atoms with Crippen LogP contribution < -0.4 is 5.32 Å². The Morgan fingerprint density at radius 3 is 2.35 bits per heavy atom. The number of anilines is 1. The largest absolute Gasteiger partial charge is 0.453 e. The fourth-order valence-corrected chi connectivity index (χ4v) is 2.75. The van der Waals surface area contributed by atoms with Crippen LogP contribution in [-0.4, -0.2) is 55.2 Å². The number of hydrogen-bond acceptors (Lipinski definition) is 3. The third kappa shape index (κ3) is 3.21. The monoisotopic (exact) mass is 313 g/mol. The molecule has 0 spiro atoms. The molecule has 6 nitrogen and oxygen atoms in total. The van der Waals surface area contributed by atoms with Crippen molar-refractivity contribution in [3.05, 3.63) is 42.5 Å². The van der Waals surface area contributed by atoms with Crippen molar-refractivity contribution in [1.82, 2.24) is 9.80 Å². The molecule has 1 N–H and O–H groups in total.